The Morgan fingerprint density at radius 2 is 1.96 bits per heavy atom. The van der Waals surface area contributed by atoms with Gasteiger partial charge >= 0.3 is 6.18 Å². The highest BCUT2D eigenvalue weighted by molar-refractivity contribution is 7.90. The predicted molar refractivity (Wildman–Crippen MR) is 80.3 cm³/mol. The number of benzene rings is 1. The minimum Gasteiger partial charge on any atom is -0.348 e. The first kappa shape index (κ1) is 19.4. The number of hydrogen-bond acceptors (Lipinski definition) is 4. The summed E-state index contributed by atoms with van der Waals surface area (Å²) in [6.45, 7) is 1.52. The molecular weight excluding hydrogens is 333 g/mol. The molecule has 9 heteroatoms. The maximum atomic E-state index is 12.7. The van der Waals surface area contributed by atoms with E-state index in [9.17, 15) is 26.4 Å². The lowest BCUT2D eigenvalue weighted by Gasteiger charge is -2.18. The van der Waals surface area contributed by atoms with Crippen molar-refractivity contribution in [3.8, 4) is 0 Å². The third-order valence-electron chi connectivity index (χ3n) is 3.21. The molecule has 0 aliphatic carbocycles. The third-order valence-corrected chi connectivity index (χ3v) is 4.19. The van der Waals surface area contributed by atoms with E-state index < -0.39 is 39.6 Å². The Morgan fingerprint density at radius 1 is 1.35 bits per heavy atom. The van der Waals surface area contributed by atoms with Gasteiger partial charge in [-0.1, -0.05) is 12.1 Å². The van der Waals surface area contributed by atoms with Gasteiger partial charge in [0.05, 0.1) is 23.4 Å². The molecular formula is C14H19F3N2O3S. The van der Waals surface area contributed by atoms with Crippen LogP contribution in [-0.4, -0.2) is 32.4 Å². The van der Waals surface area contributed by atoms with E-state index in [-0.39, 0.29) is 17.7 Å². The van der Waals surface area contributed by atoms with Crippen LogP contribution >= 0.6 is 0 Å². The van der Waals surface area contributed by atoms with Crippen molar-refractivity contribution in [2.24, 2.45) is 5.73 Å². The van der Waals surface area contributed by atoms with Crippen LogP contribution in [-0.2, 0) is 20.8 Å². The number of nitrogens with two attached hydrogens (primary N) is 1. The molecule has 0 heterocycles. The van der Waals surface area contributed by atoms with Crippen LogP contribution in [0.3, 0.4) is 0 Å². The molecule has 23 heavy (non-hydrogen) atoms. The van der Waals surface area contributed by atoms with Gasteiger partial charge in [0.25, 0.3) is 0 Å². The van der Waals surface area contributed by atoms with E-state index in [0.717, 1.165) is 18.4 Å². The van der Waals surface area contributed by atoms with Crippen LogP contribution < -0.4 is 11.1 Å². The van der Waals surface area contributed by atoms with E-state index in [1.165, 1.54) is 19.1 Å². The lowest BCUT2D eigenvalue weighted by molar-refractivity contribution is -0.137. The highest BCUT2D eigenvalue weighted by atomic mass is 32.2. The van der Waals surface area contributed by atoms with Gasteiger partial charge in [0.2, 0.25) is 5.91 Å². The highest BCUT2D eigenvalue weighted by Gasteiger charge is 2.30. The molecule has 0 spiro atoms. The molecule has 2 unspecified atom stereocenters. The molecule has 0 aliphatic rings. The lowest BCUT2D eigenvalue weighted by atomic mass is 10.0. The number of hydrogen-bond donors (Lipinski definition) is 2. The van der Waals surface area contributed by atoms with Crippen LogP contribution in [0.4, 0.5) is 13.2 Å². The van der Waals surface area contributed by atoms with E-state index in [0.29, 0.717) is 0 Å². The van der Waals surface area contributed by atoms with Crippen LogP contribution in [0.5, 0.6) is 0 Å². The monoisotopic (exact) mass is 352 g/mol. The van der Waals surface area contributed by atoms with E-state index in [2.05, 4.69) is 5.32 Å². The van der Waals surface area contributed by atoms with Gasteiger partial charge in [0, 0.05) is 6.26 Å². The van der Waals surface area contributed by atoms with Crippen LogP contribution in [0.1, 0.15) is 30.5 Å². The Morgan fingerprint density at radius 3 is 2.48 bits per heavy atom. The van der Waals surface area contributed by atoms with Gasteiger partial charge in [0.15, 0.2) is 0 Å². The quantitative estimate of drug-likeness (QED) is 0.815. The number of sulfone groups is 1. The maximum absolute atomic E-state index is 12.7. The molecule has 0 radical (unpaired) electrons. The zero-order valence-corrected chi connectivity index (χ0v) is 13.5. The minimum atomic E-state index is -4.47. The number of nitrogens with one attached hydrogen (secondary N) is 1. The first-order valence-electron chi connectivity index (χ1n) is 6.81. The van der Waals surface area contributed by atoms with Gasteiger partial charge in [-0.05, 0) is 31.0 Å². The number of halogens is 3. The number of carbonyl (C=O) groups is 1. The molecule has 1 amide bonds. The summed E-state index contributed by atoms with van der Waals surface area (Å²) in [6, 6.07) is 2.88. The van der Waals surface area contributed by atoms with Crippen LogP contribution in [0.2, 0.25) is 0 Å². The fourth-order valence-corrected chi connectivity index (χ4v) is 2.54. The predicted octanol–water partition coefficient (Wildman–Crippen LogP) is 1.64. The number of rotatable bonds is 6. The molecule has 0 saturated carbocycles. The SMILES string of the molecule is CC(NC(=O)C(N)CCS(C)(=O)=O)c1cccc(C(F)(F)F)c1. The Hall–Kier alpha value is -1.61. The summed E-state index contributed by atoms with van der Waals surface area (Å²) in [6.07, 6.45) is -3.49. The van der Waals surface area contributed by atoms with Crippen molar-refractivity contribution in [2.45, 2.75) is 31.6 Å². The van der Waals surface area contributed by atoms with Crippen LogP contribution in [0, 0.1) is 0 Å². The first-order chi connectivity index (χ1) is 10.4. The van der Waals surface area contributed by atoms with Crippen molar-refractivity contribution in [1.29, 1.82) is 0 Å². The zero-order valence-electron chi connectivity index (χ0n) is 12.7. The highest BCUT2D eigenvalue weighted by Crippen LogP contribution is 2.30. The second-order valence-electron chi connectivity index (χ2n) is 5.38. The molecule has 1 rings (SSSR count). The summed E-state index contributed by atoms with van der Waals surface area (Å²) in [4.78, 5) is 11.9. The topological polar surface area (TPSA) is 89.3 Å². The van der Waals surface area contributed by atoms with Crippen molar-refractivity contribution in [3.05, 3.63) is 35.4 Å². The number of amides is 1. The van der Waals surface area contributed by atoms with Crippen molar-refractivity contribution in [2.75, 3.05) is 12.0 Å². The van der Waals surface area contributed by atoms with Gasteiger partial charge in [-0.2, -0.15) is 13.2 Å². The zero-order chi connectivity index (χ0) is 17.8. The van der Waals surface area contributed by atoms with Gasteiger partial charge in [0.1, 0.15) is 9.84 Å². The van der Waals surface area contributed by atoms with Gasteiger partial charge in [-0.25, -0.2) is 8.42 Å². The minimum absolute atomic E-state index is 0.0556. The summed E-state index contributed by atoms with van der Waals surface area (Å²) < 4.78 is 60.1. The second-order valence-corrected chi connectivity index (χ2v) is 7.64. The first-order valence-corrected chi connectivity index (χ1v) is 8.87. The van der Waals surface area contributed by atoms with Crippen molar-refractivity contribution < 1.29 is 26.4 Å². The van der Waals surface area contributed by atoms with Gasteiger partial charge in [-0.15, -0.1) is 0 Å². The lowest BCUT2D eigenvalue weighted by Crippen LogP contribution is -2.42. The van der Waals surface area contributed by atoms with E-state index in [1.807, 2.05) is 0 Å². The molecule has 2 atom stereocenters. The van der Waals surface area contributed by atoms with Crippen molar-refractivity contribution in [3.63, 3.8) is 0 Å². The molecule has 5 nitrogen and oxygen atoms in total. The van der Waals surface area contributed by atoms with Gasteiger partial charge < -0.3 is 11.1 Å². The largest absolute Gasteiger partial charge is 0.416 e. The third kappa shape index (κ3) is 6.57. The maximum Gasteiger partial charge on any atom is 0.416 e. The average molecular weight is 352 g/mol. The average Bonchev–Trinajstić information content (AvgIpc) is 2.43. The molecule has 0 aromatic heterocycles. The van der Waals surface area contributed by atoms with E-state index >= 15 is 0 Å². The standard InChI is InChI=1S/C14H19F3N2O3S/c1-9(10-4-3-5-11(8-10)14(15,16)17)19-13(20)12(18)6-7-23(2,21)22/h3-5,8-9,12H,6-7,18H2,1-2H3,(H,19,20). The summed E-state index contributed by atoms with van der Waals surface area (Å²) >= 11 is 0. The molecule has 0 aliphatic heterocycles. The summed E-state index contributed by atoms with van der Waals surface area (Å²) in [5, 5.41) is 2.48. The molecule has 3 N–H and O–H groups in total. The second kappa shape index (κ2) is 7.31. The summed E-state index contributed by atoms with van der Waals surface area (Å²) in [5.41, 5.74) is 5.07. The number of carbonyl (C=O) groups excluding carboxylic acids is 1. The Labute approximate surface area is 133 Å². The summed E-state index contributed by atoms with van der Waals surface area (Å²) in [5.74, 6) is -0.849. The molecule has 130 valence electrons. The van der Waals surface area contributed by atoms with Crippen molar-refractivity contribution >= 4 is 15.7 Å². The van der Waals surface area contributed by atoms with E-state index in [1.54, 1.807) is 0 Å². The molecule has 1 aromatic carbocycles. The fraction of sp³-hybridized carbons (Fsp3) is 0.500. The normalized spacial score (nSPS) is 15.0. The Balaban J connectivity index is 2.72. The Bertz CT molecular complexity index is 659. The Kier molecular flexibility index (Phi) is 6.18. The molecule has 0 saturated heterocycles. The fourth-order valence-electron chi connectivity index (χ4n) is 1.86. The van der Waals surface area contributed by atoms with Crippen LogP contribution in [0.15, 0.2) is 24.3 Å². The number of alkyl halides is 3. The summed E-state index contributed by atoms with van der Waals surface area (Å²) in [7, 11) is -3.24. The molecule has 1 aromatic rings. The van der Waals surface area contributed by atoms with Crippen molar-refractivity contribution in [1.82, 2.24) is 5.32 Å². The van der Waals surface area contributed by atoms with Gasteiger partial charge in [-0.3, -0.25) is 4.79 Å². The molecule has 0 bridgehead atoms. The van der Waals surface area contributed by atoms with Crippen LogP contribution in [0.25, 0.3) is 0 Å². The molecule has 0 fully saturated rings. The van der Waals surface area contributed by atoms with E-state index in [4.69, 9.17) is 5.73 Å². The smallest absolute Gasteiger partial charge is 0.348 e.